The Labute approximate surface area is 174 Å². The number of aryl methyl sites for hydroxylation is 1. The number of amides is 1. The Bertz CT molecular complexity index is 1020. The van der Waals surface area contributed by atoms with Crippen molar-refractivity contribution in [3.8, 4) is 0 Å². The van der Waals surface area contributed by atoms with Gasteiger partial charge in [0.05, 0.1) is 22.3 Å². The Hall–Kier alpha value is -2.67. The second-order valence-corrected chi connectivity index (χ2v) is 8.64. The van der Waals surface area contributed by atoms with Crippen LogP contribution in [0.4, 0.5) is 16.6 Å². The fraction of sp³-hybridized carbons (Fsp3) is 0.409. The van der Waals surface area contributed by atoms with E-state index in [2.05, 4.69) is 62.3 Å². The summed E-state index contributed by atoms with van der Waals surface area (Å²) >= 11 is 1.54. The molecule has 6 nitrogen and oxygen atoms in total. The molecule has 0 saturated carbocycles. The van der Waals surface area contributed by atoms with Crippen molar-refractivity contribution in [2.45, 2.75) is 46.2 Å². The van der Waals surface area contributed by atoms with Crippen molar-refractivity contribution in [3.05, 3.63) is 46.8 Å². The van der Waals surface area contributed by atoms with Gasteiger partial charge in [-0.05, 0) is 41.8 Å². The number of benzene rings is 1. The molecule has 152 valence electrons. The molecule has 1 aromatic carbocycles. The SMILES string of the molecule is CCc1ccc([C@H](C)Nc2nc(N3C(=O)OC[C@@H]3C(C)C)c3sccc3n2)cc1. The zero-order valence-corrected chi connectivity index (χ0v) is 18.0. The molecule has 4 rings (SSSR count). The van der Waals surface area contributed by atoms with E-state index in [-0.39, 0.29) is 24.1 Å². The molecule has 1 fully saturated rings. The van der Waals surface area contributed by atoms with Crippen molar-refractivity contribution in [2.24, 2.45) is 5.92 Å². The van der Waals surface area contributed by atoms with Gasteiger partial charge in [-0.25, -0.2) is 9.78 Å². The standard InChI is InChI=1S/C22H26N4O2S/c1-5-15-6-8-16(9-7-15)14(4)23-21-24-17-10-11-29-19(17)20(25-21)26-18(13(2)3)12-28-22(26)27/h6-11,13-14,18H,5,12H2,1-4H3,(H,23,24,25)/t14-,18+/m0/s1. The summed E-state index contributed by atoms with van der Waals surface area (Å²) < 4.78 is 6.24. The lowest BCUT2D eigenvalue weighted by atomic mass is 10.0. The van der Waals surface area contributed by atoms with Crippen LogP contribution in [0.5, 0.6) is 0 Å². The number of ether oxygens (including phenoxy) is 1. The molecule has 1 N–H and O–H groups in total. The van der Waals surface area contributed by atoms with Gasteiger partial charge in [-0.2, -0.15) is 4.98 Å². The number of rotatable bonds is 6. The summed E-state index contributed by atoms with van der Waals surface area (Å²) in [7, 11) is 0. The predicted molar refractivity (Wildman–Crippen MR) is 118 cm³/mol. The van der Waals surface area contributed by atoms with Crippen LogP contribution in [0.15, 0.2) is 35.7 Å². The number of carbonyl (C=O) groups excluding carboxylic acids is 1. The number of hydrogen-bond acceptors (Lipinski definition) is 6. The van der Waals surface area contributed by atoms with Gasteiger partial charge in [-0.15, -0.1) is 11.3 Å². The minimum Gasteiger partial charge on any atom is -0.447 e. The second-order valence-electron chi connectivity index (χ2n) is 7.73. The van der Waals surface area contributed by atoms with E-state index in [1.807, 2.05) is 11.4 Å². The highest BCUT2D eigenvalue weighted by atomic mass is 32.1. The molecule has 3 heterocycles. The van der Waals surface area contributed by atoms with E-state index >= 15 is 0 Å². The van der Waals surface area contributed by atoms with Crippen molar-refractivity contribution >= 4 is 39.4 Å². The van der Waals surface area contributed by atoms with Crippen LogP contribution in [-0.2, 0) is 11.2 Å². The van der Waals surface area contributed by atoms with Crippen LogP contribution in [0, 0.1) is 5.92 Å². The first-order valence-corrected chi connectivity index (χ1v) is 10.9. The lowest BCUT2D eigenvalue weighted by Gasteiger charge is -2.24. The van der Waals surface area contributed by atoms with Crippen LogP contribution >= 0.6 is 11.3 Å². The molecule has 7 heteroatoms. The molecular formula is C22H26N4O2S. The lowest BCUT2D eigenvalue weighted by molar-refractivity contribution is 0.177. The highest BCUT2D eigenvalue weighted by Crippen LogP contribution is 2.35. The number of nitrogens with zero attached hydrogens (tertiary/aromatic N) is 3. The summed E-state index contributed by atoms with van der Waals surface area (Å²) in [5, 5.41) is 5.38. The summed E-state index contributed by atoms with van der Waals surface area (Å²) in [6, 6.07) is 10.5. The average Bonchev–Trinajstić information content (AvgIpc) is 3.34. The van der Waals surface area contributed by atoms with Gasteiger partial charge in [0.2, 0.25) is 5.95 Å². The predicted octanol–water partition coefficient (Wildman–Crippen LogP) is 5.41. The summed E-state index contributed by atoms with van der Waals surface area (Å²) in [5.41, 5.74) is 3.31. The van der Waals surface area contributed by atoms with Crippen molar-refractivity contribution in [1.82, 2.24) is 9.97 Å². The number of hydrogen-bond donors (Lipinski definition) is 1. The smallest absolute Gasteiger partial charge is 0.415 e. The average molecular weight is 411 g/mol. The van der Waals surface area contributed by atoms with E-state index in [4.69, 9.17) is 9.72 Å². The van der Waals surface area contributed by atoms with Crippen molar-refractivity contribution < 1.29 is 9.53 Å². The normalized spacial score (nSPS) is 17.8. The molecule has 29 heavy (non-hydrogen) atoms. The number of aromatic nitrogens is 2. The van der Waals surface area contributed by atoms with E-state index < -0.39 is 0 Å². The van der Waals surface area contributed by atoms with Crippen LogP contribution in [0.1, 0.15) is 44.9 Å². The summed E-state index contributed by atoms with van der Waals surface area (Å²) in [5.74, 6) is 1.40. The Kier molecular flexibility index (Phi) is 5.41. The van der Waals surface area contributed by atoms with Crippen LogP contribution in [0.2, 0.25) is 0 Å². The van der Waals surface area contributed by atoms with E-state index in [0.29, 0.717) is 18.4 Å². The van der Waals surface area contributed by atoms with Crippen molar-refractivity contribution in [3.63, 3.8) is 0 Å². The Morgan fingerprint density at radius 1 is 1.21 bits per heavy atom. The number of cyclic esters (lactones) is 1. The van der Waals surface area contributed by atoms with Crippen LogP contribution < -0.4 is 10.2 Å². The molecule has 0 radical (unpaired) electrons. The highest BCUT2D eigenvalue weighted by molar-refractivity contribution is 7.17. The lowest BCUT2D eigenvalue weighted by Crippen LogP contribution is -2.38. The molecule has 1 aliphatic heterocycles. The highest BCUT2D eigenvalue weighted by Gasteiger charge is 2.38. The van der Waals surface area contributed by atoms with Crippen LogP contribution in [-0.4, -0.2) is 28.7 Å². The summed E-state index contributed by atoms with van der Waals surface area (Å²) in [6.45, 7) is 8.80. The summed E-state index contributed by atoms with van der Waals surface area (Å²) in [6.07, 6.45) is 0.679. The maximum atomic E-state index is 12.5. The molecule has 0 spiro atoms. The summed E-state index contributed by atoms with van der Waals surface area (Å²) in [4.78, 5) is 23.6. The third-order valence-electron chi connectivity index (χ3n) is 5.42. The van der Waals surface area contributed by atoms with Crippen molar-refractivity contribution in [2.75, 3.05) is 16.8 Å². The molecular weight excluding hydrogens is 384 g/mol. The maximum absolute atomic E-state index is 12.5. The monoisotopic (exact) mass is 410 g/mol. The van der Waals surface area contributed by atoms with E-state index in [1.165, 1.54) is 11.1 Å². The van der Waals surface area contributed by atoms with E-state index in [1.54, 1.807) is 16.2 Å². The van der Waals surface area contributed by atoms with E-state index in [0.717, 1.165) is 16.6 Å². The first-order valence-electron chi connectivity index (χ1n) is 10.0. The first-order chi connectivity index (χ1) is 14.0. The topological polar surface area (TPSA) is 67.4 Å². The number of carbonyl (C=O) groups is 1. The quantitative estimate of drug-likeness (QED) is 0.589. The third-order valence-corrected chi connectivity index (χ3v) is 6.32. The van der Waals surface area contributed by atoms with Gasteiger partial charge in [0.25, 0.3) is 0 Å². The molecule has 1 saturated heterocycles. The Morgan fingerprint density at radius 3 is 2.66 bits per heavy atom. The fourth-order valence-corrected chi connectivity index (χ4v) is 4.38. The molecule has 1 amide bonds. The Balaban J connectivity index is 1.68. The van der Waals surface area contributed by atoms with Gasteiger partial charge in [0.15, 0.2) is 5.82 Å². The van der Waals surface area contributed by atoms with Gasteiger partial charge >= 0.3 is 6.09 Å². The Morgan fingerprint density at radius 2 is 1.97 bits per heavy atom. The zero-order chi connectivity index (χ0) is 20.5. The van der Waals surface area contributed by atoms with E-state index in [9.17, 15) is 4.79 Å². The number of thiophene rings is 1. The van der Waals surface area contributed by atoms with Crippen molar-refractivity contribution in [1.29, 1.82) is 0 Å². The maximum Gasteiger partial charge on any atom is 0.415 e. The molecule has 1 aliphatic rings. The number of anilines is 2. The molecule has 0 aliphatic carbocycles. The number of nitrogens with one attached hydrogen (secondary N) is 1. The largest absolute Gasteiger partial charge is 0.447 e. The molecule has 0 unspecified atom stereocenters. The molecule has 0 bridgehead atoms. The molecule has 3 aromatic rings. The second kappa shape index (κ2) is 7.99. The number of fused-ring (bicyclic) bond motifs is 1. The van der Waals surface area contributed by atoms with Gasteiger partial charge in [0.1, 0.15) is 6.61 Å². The minimum atomic E-state index is -0.341. The minimum absolute atomic E-state index is 0.0328. The fourth-order valence-electron chi connectivity index (χ4n) is 3.57. The van der Waals surface area contributed by atoms with Gasteiger partial charge in [-0.3, -0.25) is 4.90 Å². The third kappa shape index (κ3) is 3.79. The van der Waals surface area contributed by atoms with Gasteiger partial charge in [-0.1, -0.05) is 45.0 Å². The van der Waals surface area contributed by atoms with Crippen LogP contribution in [0.25, 0.3) is 10.2 Å². The van der Waals surface area contributed by atoms with Crippen LogP contribution in [0.3, 0.4) is 0 Å². The first kappa shape index (κ1) is 19.6. The van der Waals surface area contributed by atoms with Gasteiger partial charge in [0, 0.05) is 0 Å². The van der Waals surface area contributed by atoms with Gasteiger partial charge < -0.3 is 10.1 Å². The molecule has 2 atom stereocenters. The zero-order valence-electron chi connectivity index (χ0n) is 17.2. The molecule has 2 aromatic heterocycles.